The summed E-state index contributed by atoms with van der Waals surface area (Å²) >= 11 is 0. The Morgan fingerprint density at radius 2 is 2.06 bits per heavy atom. The van der Waals surface area contributed by atoms with Crippen molar-refractivity contribution in [2.75, 3.05) is 6.61 Å². The van der Waals surface area contributed by atoms with E-state index in [9.17, 15) is 9.59 Å². The average molecular weight is 252 g/mol. The molecule has 0 spiro atoms. The van der Waals surface area contributed by atoms with Gasteiger partial charge < -0.3 is 14.6 Å². The summed E-state index contributed by atoms with van der Waals surface area (Å²) in [6.07, 6.45) is 1.75. The fourth-order valence-corrected chi connectivity index (χ4v) is 1.34. The van der Waals surface area contributed by atoms with Crippen LogP contribution in [0.15, 0.2) is 18.3 Å². The maximum Gasteiger partial charge on any atom is 0.355 e. The maximum atomic E-state index is 11.6. The molecule has 0 bridgehead atoms. The van der Waals surface area contributed by atoms with Crippen LogP contribution >= 0.6 is 0 Å². The minimum absolute atomic E-state index is 0.0613. The Labute approximate surface area is 107 Å². The topological polar surface area (TPSA) is 60.3 Å². The van der Waals surface area contributed by atoms with Gasteiger partial charge in [-0.25, -0.2) is 4.79 Å². The van der Waals surface area contributed by atoms with E-state index in [1.54, 1.807) is 29.9 Å². The second-order valence-corrected chi connectivity index (χ2v) is 4.68. The first kappa shape index (κ1) is 14.3. The molecular weight excluding hydrogens is 232 g/mol. The average Bonchev–Trinajstić information content (AvgIpc) is 2.72. The van der Waals surface area contributed by atoms with Gasteiger partial charge in [-0.2, -0.15) is 0 Å². The van der Waals surface area contributed by atoms with Gasteiger partial charge in [-0.3, -0.25) is 4.79 Å². The summed E-state index contributed by atoms with van der Waals surface area (Å²) in [5.74, 6) is -0.425. The van der Waals surface area contributed by atoms with Crippen LogP contribution in [0.2, 0.25) is 0 Å². The summed E-state index contributed by atoms with van der Waals surface area (Å²) in [5, 5.41) is 2.77. The molecule has 1 atom stereocenters. The molecule has 1 heterocycles. The fraction of sp³-hybridized carbons (Fsp3) is 0.538. The highest BCUT2D eigenvalue weighted by atomic mass is 16.5. The number of rotatable bonds is 5. The number of carbonyl (C=O) groups excluding carboxylic acids is 2. The first-order valence-electron chi connectivity index (χ1n) is 5.99. The number of nitrogens with zero attached hydrogens (tertiary/aromatic N) is 1. The predicted molar refractivity (Wildman–Crippen MR) is 68.1 cm³/mol. The number of nitrogens with one attached hydrogen (secondary N) is 1. The van der Waals surface area contributed by atoms with Crippen LogP contribution in [0.1, 0.15) is 31.3 Å². The van der Waals surface area contributed by atoms with Crippen LogP contribution in [0.3, 0.4) is 0 Å². The zero-order valence-electron chi connectivity index (χ0n) is 11.3. The summed E-state index contributed by atoms with van der Waals surface area (Å²) in [5.41, 5.74) is 0.430. The molecule has 100 valence electrons. The molecule has 5 heteroatoms. The molecule has 1 N–H and O–H groups in total. The number of aromatic nitrogens is 1. The quantitative estimate of drug-likeness (QED) is 0.804. The van der Waals surface area contributed by atoms with Gasteiger partial charge in [-0.15, -0.1) is 0 Å². The SMILES string of the molecule is CC(C)[C@@H](C)NC(=O)COC(=O)c1cccn1C. The molecule has 0 aliphatic carbocycles. The van der Waals surface area contributed by atoms with Crippen molar-refractivity contribution in [2.24, 2.45) is 13.0 Å². The number of esters is 1. The van der Waals surface area contributed by atoms with Gasteiger partial charge in [0.2, 0.25) is 0 Å². The number of carbonyl (C=O) groups is 2. The summed E-state index contributed by atoms with van der Waals surface area (Å²) in [7, 11) is 1.75. The Hall–Kier alpha value is -1.78. The lowest BCUT2D eigenvalue weighted by Gasteiger charge is -2.17. The molecular formula is C13H20N2O3. The van der Waals surface area contributed by atoms with E-state index < -0.39 is 5.97 Å². The molecule has 0 aromatic carbocycles. The molecule has 1 rings (SSSR count). The van der Waals surface area contributed by atoms with Gasteiger partial charge in [0.15, 0.2) is 6.61 Å². The van der Waals surface area contributed by atoms with E-state index in [0.717, 1.165) is 0 Å². The Bertz CT molecular complexity index is 424. The molecule has 5 nitrogen and oxygen atoms in total. The molecule has 0 aliphatic heterocycles. The van der Waals surface area contributed by atoms with Gasteiger partial charge in [-0.05, 0) is 25.0 Å². The molecule has 1 amide bonds. The largest absolute Gasteiger partial charge is 0.451 e. The number of hydrogen-bond donors (Lipinski definition) is 1. The van der Waals surface area contributed by atoms with Gasteiger partial charge in [0.25, 0.3) is 5.91 Å². The Morgan fingerprint density at radius 3 is 2.56 bits per heavy atom. The monoisotopic (exact) mass is 252 g/mol. The first-order valence-corrected chi connectivity index (χ1v) is 5.99. The molecule has 0 fully saturated rings. The van der Waals surface area contributed by atoms with E-state index >= 15 is 0 Å². The van der Waals surface area contributed by atoms with Crippen molar-refractivity contribution in [1.29, 1.82) is 0 Å². The standard InChI is InChI=1S/C13H20N2O3/c1-9(2)10(3)14-12(16)8-18-13(17)11-6-5-7-15(11)4/h5-7,9-10H,8H2,1-4H3,(H,14,16)/t10-/m1/s1. The highest BCUT2D eigenvalue weighted by Crippen LogP contribution is 2.02. The van der Waals surface area contributed by atoms with Gasteiger partial charge in [0.1, 0.15) is 5.69 Å². The molecule has 18 heavy (non-hydrogen) atoms. The van der Waals surface area contributed by atoms with Crippen LogP contribution in [0.4, 0.5) is 0 Å². The lowest BCUT2D eigenvalue weighted by molar-refractivity contribution is -0.125. The van der Waals surface area contributed by atoms with E-state index in [1.165, 1.54) is 0 Å². The van der Waals surface area contributed by atoms with E-state index in [2.05, 4.69) is 5.32 Å². The number of aryl methyl sites for hydroxylation is 1. The second-order valence-electron chi connectivity index (χ2n) is 4.68. The van der Waals surface area contributed by atoms with Crippen LogP contribution < -0.4 is 5.32 Å². The van der Waals surface area contributed by atoms with Crippen molar-refractivity contribution < 1.29 is 14.3 Å². The zero-order valence-corrected chi connectivity index (χ0v) is 11.3. The van der Waals surface area contributed by atoms with Crippen molar-refractivity contribution in [2.45, 2.75) is 26.8 Å². The van der Waals surface area contributed by atoms with Crippen LogP contribution in [0.25, 0.3) is 0 Å². The molecule has 1 aromatic heterocycles. The van der Waals surface area contributed by atoms with E-state index in [0.29, 0.717) is 11.6 Å². The van der Waals surface area contributed by atoms with Crippen LogP contribution in [-0.2, 0) is 16.6 Å². The van der Waals surface area contributed by atoms with Crippen molar-refractivity contribution in [3.8, 4) is 0 Å². The lowest BCUT2D eigenvalue weighted by Crippen LogP contribution is -2.38. The predicted octanol–water partition coefficient (Wildman–Crippen LogP) is 1.34. The van der Waals surface area contributed by atoms with Gasteiger partial charge >= 0.3 is 5.97 Å². The summed E-state index contributed by atoms with van der Waals surface area (Å²) in [6.45, 7) is 5.70. The molecule has 0 radical (unpaired) electrons. The van der Waals surface area contributed by atoms with Crippen molar-refractivity contribution in [3.05, 3.63) is 24.0 Å². The molecule has 1 aromatic rings. The Morgan fingerprint density at radius 1 is 1.39 bits per heavy atom. The third-order valence-corrected chi connectivity index (χ3v) is 2.88. The molecule has 0 saturated carbocycles. The minimum atomic E-state index is -0.491. The van der Waals surface area contributed by atoms with Crippen LogP contribution in [-0.4, -0.2) is 29.1 Å². The van der Waals surface area contributed by atoms with E-state index in [-0.39, 0.29) is 18.6 Å². The smallest absolute Gasteiger partial charge is 0.355 e. The zero-order chi connectivity index (χ0) is 13.7. The van der Waals surface area contributed by atoms with E-state index in [4.69, 9.17) is 4.74 Å². The minimum Gasteiger partial charge on any atom is -0.451 e. The van der Waals surface area contributed by atoms with Crippen LogP contribution in [0.5, 0.6) is 0 Å². The first-order chi connectivity index (χ1) is 8.41. The summed E-state index contributed by atoms with van der Waals surface area (Å²) in [4.78, 5) is 23.1. The second kappa shape index (κ2) is 6.23. The van der Waals surface area contributed by atoms with Gasteiger partial charge in [0, 0.05) is 19.3 Å². The molecule has 0 saturated heterocycles. The normalized spacial score (nSPS) is 12.3. The van der Waals surface area contributed by atoms with Crippen molar-refractivity contribution in [3.63, 3.8) is 0 Å². The Kier molecular flexibility index (Phi) is 4.95. The lowest BCUT2D eigenvalue weighted by atomic mass is 10.1. The van der Waals surface area contributed by atoms with Gasteiger partial charge in [-0.1, -0.05) is 13.8 Å². The number of ether oxygens (including phenoxy) is 1. The molecule has 0 unspecified atom stereocenters. The van der Waals surface area contributed by atoms with Crippen molar-refractivity contribution in [1.82, 2.24) is 9.88 Å². The summed E-state index contributed by atoms with van der Waals surface area (Å²) in [6, 6.07) is 3.46. The van der Waals surface area contributed by atoms with Crippen molar-refractivity contribution >= 4 is 11.9 Å². The third kappa shape index (κ3) is 3.91. The number of amides is 1. The molecule has 0 aliphatic rings. The fourth-order valence-electron chi connectivity index (χ4n) is 1.34. The van der Waals surface area contributed by atoms with Gasteiger partial charge in [0.05, 0.1) is 0 Å². The number of hydrogen-bond acceptors (Lipinski definition) is 3. The Balaban J connectivity index is 2.40. The maximum absolute atomic E-state index is 11.6. The highest BCUT2D eigenvalue weighted by Gasteiger charge is 2.14. The highest BCUT2D eigenvalue weighted by molar-refractivity contribution is 5.89. The summed E-state index contributed by atoms with van der Waals surface area (Å²) < 4.78 is 6.59. The third-order valence-electron chi connectivity index (χ3n) is 2.88. The van der Waals surface area contributed by atoms with Crippen LogP contribution in [0, 0.1) is 5.92 Å². The van der Waals surface area contributed by atoms with E-state index in [1.807, 2.05) is 20.8 Å².